The SMILES string of the molecule is CC1CCCC1CNC1COC(C)(C)OC1. The van der Waals surface area contributed by atoms with Gasteiger partial charge in [-0.1, -0.05) is 19.8 Å². The van der Waals surface area contributed by atoms with Crippen LogP contribution in [0.15, 0.2) is 0 Å². The first-order valence-corrected chi connectivity index (χ1v) is 6.58. The van der Waals surface area contributed by atoms with Gasteiger partial charge in [0.15, 0.2) is 5.79 Å². The molecule has 3 heteroatoms. The van der Waals surface area contributed by atoms with Crippen LogP contribution in [-0.4, -0.2) is 31.6 Å². The lowest BCUT2D eigenvalue weighted by Crippen LogP contribution is -2.49. The van der Waals surface area contributed by atoms with Crippen molar-refractivity contribution in [3.63, 3.8) is 0 Å². The van der Waals surface area contributed by atoms with Gasteiger partial charge in [0, 0.05) is 0 Å². The van der Waals surface area contributed by atoms with E-state index in [9.17, 15) is 0 Å². The highest BCUT2D eigenvalue weighted by atomic mass is 16.7. The average molecular weight is 227 g/mol. The van der Waals surface area contributed by atoms with E-state index in [1.54, 1.807) is 0 Å². The maximum atomic E-state index is 5.64. The van der Waals surface area contributed by atoms with Crippen LogP contribution < -0.4 is 5.32 Å². The third-order valence-corrected chi connectivity index (χ3v) is 3.97. The fourth-order valence-corrected chi connectivity index (χ4v) is 2.65. The lowest BCUT2D eigenvalue weighted by molar-refractivity contribution is -0.253. The van der Waals surface area contributed by atoms with Gasteiger partial charge in [0.05, 0.1) is 19.3 Å². The molecule has 3 nitrogen and oxygen atoms in total. The van der Waals surface area contributed by atoms with E-state index in [4.69, 9.17) is 9.47 Å². The molecule has 1 aliphatic carbocycles. The summed E-state index contributed by atoms with van der Waals surface area (Å²) in [6.07, 6.45) is 4.18. The molecule has 1 aliphatic heterocycles. The Morgan fingerprint density at radius 1 is 1.19 bits per heavy atom. The molecule has 2 rings (SSSR count). The minimum atomic E-state index is -0.390. The molecule has 1 N–H and O–H groups in total. The zero-order chi connectivity index (χ0) is 11.6. The van der Waals surface area contributed by atoms with E-state index in [0.29, 0.717) is 6.04 Å². The van der Waals surface area contributed by atoms with Gasteiger partial charge in [-0.15, -0.1) is 0 Å². The van der Waals surface area contributed by atoms with Crippen LogP contribution >= 0.6 is 0 Å². The molecule has 0 aromatic heterocycles. The van der Waals surface area contributed by atoms with Crippen LogP contribution in [0.4, 0.5) is 0 Å². The fraction of sp³-hybridized carbons (Fsp3) is 1.00. The summed E-state index contributed by atoms with van der Waals surface area (Å²) < 4.78 is 11.3. The molecule has 1 saturated heterocycles. The molecule has 0 bridgehead atoms. The first-order valence-electron chi connectivity index (χ1n) is 6.58. The van der Waals surface area contributed by atoms with Gasteiger partial charge in [-0.3, -0.25) is 0 Å². The smallest absolute Gasteiger partial charge is 0.162 e. The molecule has 0 spiro atoms. The van der Waals surface area contributed by atoms with E-state index in [1.807, 2.05) is 13.8 Å². The number of hydrogen-bond donors (Lipinski definition) is 1. The maximum Gasteiger partial charge on any atom is 0.162 e. The van der Waals surface area contributed by atoms with Crippen LogP contribution in [0.5, 0.6) is 0 Å². The summed E-state index contributed by atoms with van der Waals surface area (Å²) >= 11 is 0. The van der Waals surface area contributed by atoms with Gasteiger partial charge < -0.3 is 14.8 Å². The van der Waals surface area contributed by atoms with Gasteiger partial charge in [0.2, 0.25) is 0 Å². The van der Waals surface area contributed by atoms with Crippen molar-refractivity contribution in [3.8, 4) is 0 Å². The zero-order valence-electron chi connectivity index (χ0n) is 10.8. The molecule has 16 heavy (non-hydrogen) atoms. The normalized spacial score (nSPS) is 35.4. The zero-order valence-corrected chi connectivity index (χ0v) is 10.8. The topological polar surface area (TPSA) is 30.5 Å². The van der Waals surface area contributed by atoms with Crippen molar-refractivity contribution in [1.29, 1.82) is 0 Å². The quantitative estimate of drug-likeness (QED) is 0.801. The number of ether oxygens (including phenoxy) is 2. The Hall–Kier alpha value is -0.120. The van der Waals surface area contributed by atoms with Crippen LogP contribution in [0.1, 0.15) is 40.0 Å². The van der Waals surface area contributed by atoms with Gasteiger partial charge in [-0.05, 0) is 38.6 Å². The molecule has 2 aliphatic rings. The summed E-state index contributed by atoms with van der Waals surface area (Å²) in [6, 6.07) is 0.376. The van der Waals surface area contributed by atoms with Crippen molar-refractivity contribution in [2.24, 2.45) is 11.8 Å². The predicted octanol–water partition coefficient (Wildman–Crippen LogP) is 2.16. The van der Waals surface area contributed by atoms with Crippen molar-refractivity contribution < 1.29 is 9.47 Å². The second-order valence-electron chi connectivity index (χ2n) is 5.80. The molecule has 2 fully saturated rings. The molecular weight excluding hydrogens is 202 g/mol. The largest absolute Gasteiger partial charge is 0.349 e. The van der Waals surface area contributed by atoms with Crippen LogP contribution in [0.3, 0.4) is 0 Å². The average Bonchev–Trinajstić information content (AvgIpc) is 2.63. The van der Waals surface area contributed by atoms with Gasteiger partial charge in [0.1, 0.15) is 0 Å². The third-order valence-electron chi connectivity index (χ3n) is 3.97. The van der Waals surface area contributed by atoms with Gasteiger partial charge >= 0.3 is 0 Å². The Labute approximate surface area is 98.9 Å². The summed E-state index contributed by atoms with van der Waals surface area (Å²) in [6.45, 7) is 8.99. The second-order valence-corrected chi connectivity index (χ2v) is 5.80. The fourth-order valence-electron chi connectivity index (χ4n) is 2.65. The summed E-state index contributed by atoms with van der Waals surface area (Å²) in [5, 5.41) is 3.58. The lowest BCUT2D eigenvalue weighted by Gasteiger charge is -2.35. The minimum Gasteiger partial charge on any atom is -0.349 e. The molecular formula is C13H25NO2. The Morgan fingerprint density at radius 2 is 1.88 bits per heavy atom. The van der Waals surface area contributed by atoms with E-state index >= 15 is 0 Å². The van der Waals surface area contributed by atoms with Crippen molar-refractivity contribution in [2.75, 3.05) is 19.8 Å². The number of hydrogen-bond acceptors (Lipinski definition) is 3. The molecule has 2 unspecified atom stereocenters. The van der Waals surface area contributed by atoms with Gasteiger partial charge in [0.25, 0.3) is 0 Å². The van der Waals surface area contributed by atoms with Crippen molar-refractivity contribution in [1.82, 2.24) is 5.32 Å². The monoisotopic (exact) mass is 227 g/mol. The molecule has 94 valence electrons. The highest BCUT2D eigenvalue weighted by molar-refractivity contribution is 4.79. The van der Waals surface area contributed by atoms with Crippen LogP contribution in [0.25, 0.3) is 0 Å². The molecule has 0 aromatic carbocycles. The number of nitrogens with one attached hydrogen (secondary N) is 1. The maximum absolute atomic E-state index is 5.64. The van der Waals surface area contributed by atoms with Crippen molar-refractivity contribution >= 4 is 0 Å². The van der Waals surface area contributed by atoms with Crippen molar-refractivity contribution in [3.05, 3.63) is 0 Å². The standard InChI is InChI=1S/C13H25NO2/c1-10-5-4-6-11(10)7-14-12-8-15-13(2,3)16-9-12/h10-12,14H,4-9H2,1-3H3. The summed E-state index contributed by atoms with van der Waals surface area (Å²) in [4.78, 5) is 0. The van der Waals surface area contributed by atoms with Crippen molar-refractivity contribution in [2.45, 2.75) is 51.9 Å². The molecule has 1 saturated carbocycles. The number of rotatable bonds is 3. The van der Waals surface area contributed by atoms with E-state index in [-0.39, 0.29) is 0 Å². The Morgan fingerprint density at radius 3 is 2.44 bits per heavy atom. The lowest BCUT2D eigenvalue weighted by atomic mass is 9.98. The molecule has 1 heterocycles. The summed E-state index contributed by atoms with van der Waals surface area (Å²) in [5.74, 6) is 1.35. The van der Waals surface area contributed by atoms with Gasteiger partial charge in [-0.25, -0.2) is 0 Å². The first kappa shape index (κ1) is 12.3. The molecule has 0 amide bonds. The van der Waals surface area contributed by atoms with Crippen LogP contribution in [-0.2, 0) is 9.47 Å². The van der Waals surface area contributed by atoms with Crippen LogP contribution in [0.2, 0.25) is 0 Å². The Kier molecular flexibility index (Phi) is 3.88. The Balaban J connectivity index is 1.67. The molecule has 2 atom stereocenters. The summed E-state index contributed by atoms with van der Waals surface area (Å²) in [5.41, 5.74) is 0. The second kappa shape index (κ2) is 5.03. The van der Waals surface area contributed by atoms with Crippen LogP contribution in [0, 0.1) is 11.8 Å². The third kappa shape index (κ3) is 3.19. The van der Waals surface area contributed by atoms with E-state index < -0.39 is 5.79 Å². The summed E-state index contributed by atoms with van der Waals surface area (Å²) in [7, 11) is 0. The predicted molar refractivity (Wildman–Crippen MR) is 64.3 cm³/mol. The van der Waals surface area contributed by atoms with Gasteiger partial charge in [-0.2, -0.15) is 0 Å². The highest BCUT2D eigenvalue weighted by Crippen LogP contribution is 2.30. The van der Waals surface area contributed by atoms with E-state index in [0.717, 1.165) is 31.6 Å². The highest BCUT2D eigenvalue weighted by Gasteiger charge is 2.29. The minimum absolute atomic E-state index is 0.376. The molecule has 0 aromatic rings. The first-order chi connectivity index (χ1) is 7.57. The molecule has 0 radical (unpaired) electrons. The Bertz CT molecular complexity index is 220. The van der Waals surface area contributed by atoms with E-state index in [1.165, 1.54) is 19.3 Å². The van der Waals surface area contributed by atoms with E-state index in [2.05, 4.69) is 12.2 Å².